The molecule has 1 aliphatic rings. The van der Waals surface area contributed by atoms with E-state index in [9.17, 15) is 10.1 Å². The zero-order valence-electron chi connectivity index (χ0n) is 11.7. The van der Waals surface area contributed by atoms with E-state index in [0.717, 1.165) is 24.6 Å². The van der Waals surface area contributed by atoms with E-state index in [0.29, 0.717) is 11.3 Å². The van der Waals surface area contributed by atoms with E-state index in [1.165, 1.54) is 7.11 Å². The molecule has 0 atom stereocenters. The average molecular weight is 285 g/mol. The Morgan fingerprint density at radius 1 is 1.43 bits per heavy atom. The third-order valence-electron chi connectivity index (χ3n) is 3.93. The van der Waals surface area contributed by atoms with Gasteiger partial charge in [0, 0.05) is 0 Å². The van der Waals surface area contributed by atoms with Gasteiger partial charge < -0.3 is 13.9 Å². The first kappa shape index (κ1) is 13.5. The SMILES string of the molecule is COC(=O)CC1(Oc2c(C#N)oc3ccccc23)CCC1. The van der Waals surface area contributed by atoms with Crippen LogP contribution in [-0.4, -0.2) is 18.7 Å². The summed E-state index contributed by atoms with van der Waals surface area (Å²) in [7, 11) is 1.36. The van der Waals surface area contributed by atoms with Crippen molar-refractivity contribution in [2.24, 2.45) is 0 Å². The summed E-state index contributed by atoms with van der Waals surface area (Å²) in [5.74, 6) is 0.269. The zero-order chi connectivity index (χ0) is 14.9. The molecule has 1 saturated carbocycles. The highest BCUT2D eigenvalue weighted by molar-refractivity contribution is 5.86. The summed E-state index contributed by atoms with van der Waals surface area (Å²) >= 11 is 0. The number of nitrogens with zero attached hydrogens (tertiary/aromatic N) is 1. The third kappa shape index (κ3) is 2.33. The lowest BCUT2D eigenvalue weighted by Crippen LogP contribution is -2.45. The van der Waals surface area contributed by atoms with Crippen molar-refractivity contribution >= 4 is 16.9 Å². The molecule has 0 N–H and O–H groups in total. The van der Waals surface area contributed by atoms with Crippen LogP contribution in [0.25, 0.3) is 11.0 Å². The molecule has 1 aromatic heterocycles. The first-order valence-electron chi connectivity index (χ1n) is 6.85. The van der Waals surface area contributed by atoms with Gasteiger partial charge in [0.1, 0.15) is 17.3 Å². The first-order valence-corrected chi connectivity index (χ1v) is 6.85. The van der Waals surface area contributed by atoms with Gasteiger partial charge in [-0.2, -0.15) is 5.26 Å². The molecule has 108 valence electrons. The van der Waals surface area contributed by atoms with Gasteiger partial charge in [-0.05, 0) is 31.4 Å². The quantitative estimate of drug-likeness (QED) is 0.807. The van der Waals surface area contributed by atoms with E-state index in [2.05, 4.69) is 0 Å². The predicted molar refractivity (Wildman–Crippen MR) is 74.8 cm³/mol. The number of methoxy groups -OCH3 is 1. The van der Waals surface area contributed by atoms with E-state index in [1.807, 2.05) is 24.3 Å². The summed E-state index contributed by atoms with van der Waals surface area (Å²) < 4.78 is 16.3. The van der Waals surface area contributed by atoms with Crippen LogP contribution in [0.4, 0.5) is 0 Å². The fourth-order valence-corrected chi connectivity index (χ4v) is 2.63. The van der Waals surface area contributed by atoms with Gasteiger partial charge in [-0.25, -0.2) is 0 Å². The number of carbonyl (C=O) groups is 1. The standard InChI is InChI=1S/C16H15NO4/c1-19-14(18)9-16(7-4-8-16)21-15-11-5-2-3-6-12(11)20-13(15)10-17/h2-3,5-6H,4,7-9H2,1H3. The van der Waals surface area contributed by atoms with Gasteiger partial charge in [-0.15, -0.1) is 0 Å². The molecule has 0 aliphatic heterocycles. The third-order valence-corrected chi connectivity index (χ3v) is 3.93. The topological polar surface area (TPSA) is 72.5 Å². The maximum atomic E-state index is 11.6. The highest BCUT2D eigenvalue weighted by atomic mass is 16.5. The van der Waals surface area contributed by atoms with Crippen LogP contribution in [0.3, 0.4) is 0 Å². The van der Waals surface area contributed by atoms with Crippen LogP contribution in [0.15, 0.2) is 28.7 Å². The van der Waals surface area contributed by atoms with Crippen LogP contribution in [0.5, 0.6) is 5.75 Å². The molecule has 1 heterocycles. The van der Waals surface area contributed by atoms with Gasteiger partial charge in [-0.1, -0.05) is 12.1 Å². The molecule has 1 aromatic carbocycles. The van der Waals surface area contributed by atoms with Crippen molar-refractivity contribution in [3.8, 4) is 11.8 Å². The molecule has 1 aliphatic carbocycles. The van der Waals surface area contributed by atoms with Crippen molar-refractivity contribution in [1.29, 1.82) is 5.26 Å². The number of hydrogen-bond acceptors (Lipinski definition) is 5. The Morgan fingerprint density at radius 3 is 2.81 bits per heavy atom. The lowest BCUT2D eigenvalue weighted by atomic mass is 9.77. The fourth-order valence-electron chi connectivity index (χ4n) is 2.63. The van der Waals surface area contributed by atoms with E-state index in [1.54, 1.807) is 6.07 Å². The molecule has 5 heteroatoms. The monoisotopic (exact) mass is 285 g/mol. The Hall–Kier alpha value is -2.48. The molecule has 0 bridgehead atoms. The van der Waals surface area contributed by atoms with Crippen LogP contribution in [0, 0.1) is 11.3 Å². The molecular formula is C16H15NO4. The van der Waals surface area contributed by atoms with Crippen molar-refractivity contribution in [3.63, 3.8) is 0 Å². The summed E-state index contributed by atoms with van der Waals surface area (Å²) in [4.78, 5) is 11.6. The average Bonchev–Trinajstić information content (AvgIpc) is 2.82. The Kier molecular flexibility index (Phi) is 3.30. The highest BCUT2D eigenvalue weighted by Gasteiger charge is 2.43. The number of para-hydroxylation sites is 1. The molecule has 0 spiro atoms. The Balaban J connectivity index is 1.97. The Bertz CT molecular complexity index is 721. The summed E-state index contributed by atoms with van der Waals surface area (Å²) in [6.07, 6.45) is 2.72. The maximum Gasteiger partial charge on any atom is 0.309 e. The number of hydrogen-bond donors (Lipinski definition) is 0. The molecule has 21 heavy (non-hydrogen) atoms. The normalized spacial score (nSPS) is 16.0. The largest absolute Gasteiger partial charge is 0.481 e. The van der Waals surface area contributed by atoms with Crippen LogP contribution in [0.2, 0.25) is 0 Å². The summed E-state index contributed by atoms with van der Waals surface area (Å²) in [6.45, 7) is 0. The number of benzene rings is 1. The number of nitriles is 1. The second-order valence-electron chi connectivity index (χ2n) is 5.26. The maximum absolute atomic E-state index is 11.6. The Morgan fingerprint density at radius 2 is 2.19 bits per heavy atom. The van der Waals surface area contributed by atoms with Crippen molar-refractivity contribution in [2.45, 2.75) is 31.3 Å². The number of ether oxygens (including phenoxy) is 2. The summed E-state index contributed by atoms with van der Waals surface area (Å²) in [5, 5.41) is 9.97. The molecule has 0 radical (unpaired) electrons. The van der Waals surface area contributed by atoms with Gasteiger partial charge in [0.25, 0.3) is 0 Å². The molecule has 1 fully saturated rings. The van der Waals surface area contributed by atoms with Crippen molar-refractivity contribution in [2.75, 3.05) is 7.11 Å². The van der Waals surface area contributed by atoms with Crippen LogP contribution in [0.1, 0.15) is 31.4 Å². The van der Waals surface area contributed by atoms with E-state index in [-0.39, 0.29) is 18.2 Å². The minimum atomic E-state index is -0.578. The van der Waals surface area contributed by atoms with E-state index in [4.69, 9.17) is 13.9 Å². The highest BCUT2D eigenvalue weighted by Crippen LogP contribution is 2.43. The number of esters is 1. The molecular weight excluding hydrogens is 270 g/mol. The van der Waals surface area contributed by atoms with Gasteiger partial charge >= 0.3 is 5.97 Å². The number of rotatable bonds is 4. The Labute approximate surface area is 122 Å². The van der Waals surface area contributed by atoms with Crippen LogP contribution < -0.4 is 4.74 Å². The summed E-state index contributed by atoms with van der Waals surface area (Å²) in [6, 6.07) is 9.35. The smallest absolute Gasteiger partial charge is 0.309 e. The molecule has 5 nitrogen and oxygen atoms in total. The van der Waals surface area contributed by atoms with Crippen LogP contribution in [-0.2, 0) is 9.53 Å². The number of carbonyl (C=O) groups excluding carboxylic acids is 1. The lowest BCUT2D eigenvalue weighted by molar-refractivity contribution is -0.148. The second-order valence-corrected chi connectivity index (χ2v) is 5.26. The second kappa shape index (κ2) is 5.13. The lowest BCUT2D eigenvalue weighted by Gasteiger charge is -2.40. The molecule has 2 aromatic rings. The van der Waals surface area contributed by atoms with Gasteiger partial charge in [0.2, 0.25) is 5.76 Å². The van der Waals surface area contributed by atoms with Gasteiger partial charge in [-0.3, -0.25) is 4.79 Å². The number of fused-ring (bicyclic) bond motifs is 1. The van der Waals surface area contributed by atoms with E-state index < -0.39 is 5.60 Å². The molecule has 0 amide bonds. The predicted octanol–water partition coefficient (Wildman–Crippen LogP) is 3.17. The zero-order valence-corrected chi connectivity index (χ0v) is 11.7. The van der Waals surface area contributed by atoms with Crippen molar-refractivity contribution in [1.82, 2.24) is 0 Å². The van der Waals surface area contributed by atoms with Crippen molar-refractivity contribution < 1.29 is 18.7 Å². The molecule has 3 rings (SSSR count). The minimum absolute atomic E-state index is 0.146. The van der Waals surface area contributed by atoms with Crippen LogP contribution >= 0.6 is 0 Å². The number of furan rings is 1. The molecule has 0 unspecified atom stereocenters. The van der Waals surface area contributed by atoms with E-state index >= 15 is 0 Å². The first-order chi connectivity index (χ1) is 10.2. The minimum Gasteiger partial charge on any atom is -0.481 e. The molecule has 0 saturated heterocycles. The van der Waals surface area contributed by atoms with Crippen molar-refractivity contribution in [3.05, 3.63) is 30.0 Å². The van der Waals surface area contributed by atoms with Gasteiger partial charge in [0.15, 0.2) is 5.75 Å². The van der Waals surface area contributed by atoms with Gasteiger partial charge in [0.05, 0.1) is 18.9 Å². The summed E-state index contributed by atoms with van der Waals surface area (Å²) in [5.41, 5.74) is 0.0299. The fraction of sp³-hybridized carbons (Fsp3) is 0.375.